The van der Waals surface area contributed by atoms with Crippen molar-refractivity contribution in [2.45, 2.75) is 46.1 Å². The molecule has 2 aromatic carbocycles. The van der Waals surface area contributed by atoms with Gasteiger partial charge in [0.15, 0.2) is 6.61 Å². The van der Waals surface area contributed by atoms with Crippen molar-refractivity contribution < 1.29 is 19.1 Å². The number of hydrogen-bond donors (Lipinski definition) is 2. The van der Waals surface area contributed by atoms with Gasteiger partial charge in [-0.1, -0.05) is 39.0 Å². The van der Waals surface area contributed by atoms with Gasteiger partial charge in [-0.2, -0.15) is 0 Å². The summed E-state index contributed by atoms with van der Waals surface area (Å²) in [5.41, 5.74) is 6.19. The molecule has 0 aliphatic heterocycles. The summed E-state index contributed by atoms with van der Waals surface area (Å²) in [7, 11) is 0. The molecule has 2 amide bonds. The number of nitrogens with one attached hydrogen (secondary N) is 2. The first kappa shape index (κ1) is 21.3. The largest absolute Gasteiger partial charge is 0.491 e. The summed E-state index contributed by atoms with van der Waals surface area (Å²) in [6.07, 6.45) is 1.01. The molecule has 6 heteroatoms. The van der Waals surface area contributed by atoms with Crippen LogP contribution in [0.2, 0.25) is 0 Å². The van der Waals surface area contributed by atoms with Crippen LogP contribution in [0.25, 0.3) is 0 Å². The minimum Gasteiger partial charge on any atom is -0.491 e. The molecule has 0 aliphatic rings. The molecule has 2 aromatic rings. The molecule has 0 fully saturated rings. The maximum absolute atomic E-state index is 12.1. The van der Waals surface area contributed by atoms with Gasteiger partial charge in [-0.05, 0) is 55.2 Å². The number of carbonyl (C=O) groups is 2. The third kappa shape index (κ3) is 6.30. The maximum atomic E-state index is 12.1. The highest BCUT2D eigenvalue weighted by molar-refractivity contribution is 5.95. The molecule has 0 aliphatic carbocycles. The molecule has 6 nitrogen and oxygen atoms in total. The Hall–Kier alpha value is -3.02. The van der Waals surface area contributed by atoms with E-state index in [1.54, 1.807) is 24.3 Å². The third-order valence-electron chi connectivity index (χ3n) is 4.24. The van der Waals surface area contributed by atoms with Gasteiger partial charge in [0.25, 0.3) is 11.8 Å². The Labute approximate surface area is 166 Å². The molecular formula is C22H28N2O4. The first-order chi connectivity index (χ1) is 13.4. The van der Waals surface area contributed by atoms with Gasteiger partial charge in [0.1, 0.15) is 11.5 Å². The topological polar surface area (TPSA) is 76.7 Å². The van der Waals surface area contributed by atoms with Gasteiger partial charge < -0.3 is 9.47 Å². The Morgan fingerprint density at radius 1 is 0.964 bits per heavy atom. The average molecular weight is 384 g/mol. The number of hydrogen-bond acceptors (Lipinski definition) is 4. The van der Waals surface area contributed by atoms with E-state index < -0.39 is 11.8 Å². The first-order valence-corrected chi connectivity index (χ1v) is 9.48. The fraction of sp³-hybridized carbons (Fsp3) is 0.364. The fourth-order valence-electron chi connectivity index (χ4n) is 2.47. The van der Waals surface area contributed by atoms with Crippen LogP contribution in [0.3, 0.4) is 0 Å². The van der Waals surface area contributed by atoms with Crippen LogP contribution >= 0.6 is 0 Å². The molecule has 0 saturated carbocycles. The second-order valence-corrected chi connectivity index (χ2v) is 6.84. The lowest BCUT2D eigenvalue weighted by Gasteiger charge is -2.14. The van der Waals surface area contributed by atoms with Crippen molar-refractivity contribution in [2.75, 3.05) is 6.61 Å². The molecule has 0 bridgehead atoms. The predicted molar refractivity (Wildman–Crippen MR) is 108 cm³/mol. The molecule has 1 unspecified atom stereocenters. The molecule has 0 heterocycles. The van der Waals surface area contributed by atoms with E-state index in [0.717, 1.165) is 12.0 Å². The zero-order valence-corrected chi connectivity index (χ0v) is 16.8. The third-order valence-corrected chi connectivity index (χ3v) is 4.24. The molecule has 2 rings (SSSR count). The summed E-state index contributed by atoms with van der Waals surface area (Å²) in [6.45, 7) is 7.95. The number of benzene rings is 2. The standard InChI is InChI=1S/C22H28N2O4/c1-5-16(4)28-18-12-10-17(11-13-18)22(26)24-23-21(25)14-27-20-9-7-6-8-19(20)15(2)3/h6-13,15-16H,5,14H2,1-4H3,(H,23,25)(H,24,26). The molecule has 2 N–H and O–H groups in total. The SMILES string of the molecule is CCC(C)Oc1ccc(C(=O)NNC(=O)COc2ccccc2C(C)C)cc1. The Kier molecular flexibility index (Phi) is 7.87. The molecule has 28 heavy (non-hydrogen) atoms. The van der Waals surface area contributed by atoms with Crippen LogP contribution in [-0.4, -0.2) is 24.5 Å². The van der Waals surface area contributed by atoms with Gasteiger partial charge in [0, 0.05) is 5.56 Å². The second kappa shape index (κ2) is 10.3. The summed E-state index contributed by atoms with van der Waals surface area (Å²) in [6, 6.07) is 14.3. The molecule has 0 aromatic heterocycles. The van der Waals surface area contributed by atoms with E-state index in [1.807, 2.05) is 38.1 Å². The lowest BCUT2D eigenvalue weighted by Crippen LogP contribution is -2.43. The van der Waals surface area contributed by atoms with Crippen LogP contribution in [-0.2, 0) is 4.79 Å². The van der Waals surface area contributed by atoms with E-state index in [9.17, 15) is 9.59 Å². The van der Waals surface area contributed by atoms with E-state index in [4.69, 9.17) is 9.47 Å². The monoisotopic (exact) mass is 384 g/mol. The number of ether oxygens (including phenoxy) is 2. The zero-order valence-electron chi connectivity index (χ0n) is 16.8. The van der Waals surface area contributed by atoms with Crippen LogP contribution in [0.1, 0.15) is 56.0 Å². The smallest absolute Gasteiger partial charge is 0.276 e. The minimum atomic E-state index is -0.441. The lowest BCUT2D eigenvalue weighted by atomic mass is 10.0. The van der Waals surface area contributed by atoms with Crippen LogP contribution < -0.4 is 20.3 Å². The quantitative estimate of drug-likeness (QED) is 0.678. The first-order valence-electron chi connectivity index (χ1n) is 9.48. The molecular weight excluding hydrogens is 356 g/mol. The van der Waals surface area contributed by atoms with Crippen LogP contribution in [0.4, 0.5) is 0 Å². The molecule has 0 saturated heterocycles. The van der Waals surface area contributed by atoms with Gasteiger partial charge in [-0.25, -0.2) is 0 Å². The van der Waals surface area contributed by atoms with Gasteiger partial charge in [0.05, 0.1) is 6.10 Å². The second-order valence-electron chi connectivity index (χ2n) is 6.84. The number of hydrazine groups is 1. The van der Waals surface area contributed by atoms with Gasteiger partial charge in [0.2, 0.25) is 0 Å². The van der Waals surface area contributed by atoms with Gasteiger partial charge in [-0.3, -0.25) is 20.4 Å². The Morgan fingerprint density at radius 3 is 2.29 bits per heavy atom. The van der Waals surface area contributed by atoms with Gasteiger partial charge in [-0.15, -0.1) is 0 Å². The number of rotatable bonds is 8. The molecule has 1 atom stereocenters. The van der Waals surface area contributed by atoms with Crippen molar-refractivity contribution in [1.82, 2.24) is 10.9 Å². The van der Waals surface area contributed by atoms with E-state index >= 15 is 0 Å². The van der Waals surface area contributed by atoms with E-state index in [0.29, 0.717) is 17.1 Å². The van der Waals surface area contributed by atoms with Crippen LogP contribution in [0.5, 0.6) is 11.5 Å². The number of carbonyl (C=O) groups excluding carboxylic acids is 2. The minimum absolute atomic E-state index is 0.111. The maximum Gasteiger partial charge on any atom is 0.276 e. The Balaban J connectivity index is 1.82. The number of amides is 2. The summed E-state index contributed by atoms with van der Waals surface area (Å²) >= 11 is 0. The Morgan fingerprint density at radius 2 is 1.64 bits per heavy atom. The predicted octanol–water partition coefficient (Wildman–Crippen LogP) is 3.83. The number of para-hydroxylation sites is 1. The van der Waals surface area contributed by atoms with Crippen molar-refractivity contribution in [3.63, 3.8) is 0 Å². The zero-order chi connectivity index (χ0) is 20.5. The Bertz CT molecular complexity index is 787. The summed E-state index contributed by atoms with van der Waals surface area (Å²) in [5.74, 6) is 0.795. The van der Waals surface area contributed by atoms with Crippen molar-refractivity contribution >= 4 is 11.8 Å². The van der Waals surface area contributed by atoms with Crippen molar-refractivity contribution in [3.05, 3.63) is 59.7 Å². The normalized spacial score (nSPS) is 11.6. The highest BCUT2D eigenvalue weighted by Crippen LogP contribution is 2.25. The molecule has 150 valence electrons. The lowest BCUT2D eigenvalue weighted by molar-refractivity contribution is -0.123. The van der Waals surface area contributed by atoms with E-state index in [2.05, 4.69) is 24.7 Å². The average Bonchev–Trinajstić information content (AvgIpc) is 2.71. The van der Waals surface area contributed by atoms with Crippen LogP contribution in [0.15, 0.2) is 48.5 Å². The molecule has 0 spiro atoms. The van der Waals surface area contributed by atoms with Gasteiger partial charge >= 0.3 is 0 Å². The van der Waals surface area contributed by atoms with Crippen molar-refractivity contribution in [2.24, 2.45) is 0 Å². The summed E-state index contributed by atoms with van der Waals surface area (Å²) in [5, 5.41) is 0. The summed E-state index contributed by atoms with van der Waals surface area (Å²) < 4.78 is 11.3. The molecule has 0 radical (unpaired) electrons. The highest BCUT2D eigenvalue weighted by Gasteiger charge is 2.11. The van der Waals surface area contributed by atoms with Crippen LogP contribution in [0, 0.1) is 0 Å². The van der Waals surface area contributed by atoms with Crippen molar-refractivity contribution in [3.8, 4) is 11.5 Å². The fourth-order valence-corrected chi connectivity index (χ4v) is 2.47. The van der Waals surface area contributed by atoms with E-state index in [1.165, 1.54) is 0 Å². The highest BCUT2D eigenvalue weighted by atomic mass is 16.5. The van der Waals surface area contributed by atoms with E-state index in [-0.39, 0.29) is 18.6 Å². The van der Waals surface area contributed by atoms with Crippen molar-refractivity contribution in [1.29, 1.82) is 0 Å². The summed E-state index contributed by atoms with van der Waals surface area (Å²) in [4.78, 5) is 24.1.